The molecule has 2 heterocycles. The molecule has 5 heteroatoms. The average Bonchev–Trinajstić information content (AvgIpc) is 2.78. The van der Waals surface area contributed by atoms with Crippen molar-refractivity contribution in [2.24, 2.45) is 0 Å². The first-order valence-corrected chi connectivity index (χ1v) is 5.37. The van der Waals surface area contributed by atoms with E-state index in [2.05, 4.69) is 15.2 Å². The lowest BCUT2D eigenvalue weighted by Crippen LogP contribution is -2.07. The van der Waals surface area contributed by atoms with Crippen LogP contribution in [-0.2, 0) is 4.74 Å². The molecule has 0 aliphatic rings. The molecule has 0 aromatic carbocycles. The quantitative estimate of drug-likeness (QED) is 0.820. The third kappa shape index (κ3) is 2.33. The van der Waals surface area contributed by atoms with Gasteiger partial charge >= 0.3 is 5.97 Å². The Morgan fingerprint density at radius 2 is 2.29 bits per heavy atom. The topological polar surface area (TPSA) is 67.9 Å². The van der Waals surface area contributed by atoms with Crippen molar-refractivity contribution in [1.29, 1.82) is 0 Å². The van der Waals surface area contributed by atoms with Crippen molar-refractivity contribution < 1.29 is 9.53 Å². The summed E-state index contributed by atoms with van der Waals surface area (Å²) in [7, 11) is 0. The molecule has 0 saturated heterocycles. The van der Waals surface area contributed by atoms with Gasteiger partial charge in [-0.2, -0.15) is 5.10 Å². The number of rotatable bonds is 3. The highest BCUT2D eigenvalue weighted by Crippen LogP contribution is 2.20. The van der Waals surface area contributed by atoms with Crippen LogP contribution in [0, 0.1) is 6.92 Å². The first-order chi connectivity index (χ1) is 8.22. The minimum atomic E-state index is -0.414. The molecule has 88 valence electrons. The van der Waals surface area contributed by atoms with E-state index in [4.69, 9.17) is 4.74 Å². The van der Waals surface area contributed by atoms with E-state index in [9.17, 15) is 4.79 Å². The molecule has 17 heavy (non-hydrogen) atoms. The number of ether oxygens (including phenoxy) is 1. The number of hydrogen-bond acceptors (Lipinski definition) is 4. The van der Waals surface area contributed by atoms with Gasteiger partial charge < -0.3 is 4.74 Å². The summed E-state index contributed by atoms with van der Waals surface area (Å²) in [4.78, 5) is 16.0. The summed E-state index contributed by atoms with van der Waals surface area (Å²) in [6, 6.07) is 5.62. The van der Waals surface area contributed by atoms with E-state index < -0.39 is 5.97 Å². The van der Waals surface area contributed by atoms with Gasteiger partial charge in [0, 0.05) is 5.69 Å². The summed E-state index contributed by atoms with van der Waals surface area (Å²) in [5, 5.41) is 6.51. The van der Waals surface area contributed by atoms with Gasteiger partial charge in [0.25, 0.3) is 0 Å². The number of H-pyrrole nitrogens is 1. The molecule has 0 atom stereocenters. The third-order valence-corrected chi connectivity index (χ3v) is 2.28. The number of carbonyl (C=O) groups is 1. The normalized spacial score (nSPS) is 10.2. The minimum Gasteiger partial charge on any atom is -0.461 e. The van der Waals surface area contributed by atoms with Gasteiger partial charge in [-0.25, -0.2) is 4.79 Å². The summed E-state index contributed by atoms with van der Waals surface area (Å²) in [6.45, 7) is 3.99. The lowest BCUT2D eigenvalue weighted by molar-refractivity contribution is 0.0520. The Bertz CT molecular complexity index is 534. The van der Waals surface area contributed by atoms with Gasteiger partial charge in [-0.1, -0.05) is 6.07 Å². The molecular formula is C12H13N3O2. The molecule has 0 unspecified atom stereocenters. The third-order valence-electron chi connectivity index (χ3n) is 2.28. The van der Waals surface area contributed by atoms with Crippen LogP contribution in [0.15, 0.2) is 24.4 Å². The van der Waals surface area contributed by atoms with Crippen molar-refractivity contribution in [3.05, 3.63) is 35.8 Å². The maximum Gasteiger partial charge on any atom is 0.357 e. The molecule has 0 amide bonds. The molecule has 2 aromatic heterocycles. The van der Waals surface area contributed by atoms with Crippen LogP contribution in [0.1, 0.15) is 23.1 Å². The zero-order chi connectivity index (χ0) is 12.3. The van der Waals surface area contributed by atoms with E-state index in [1.54, 1.807) is 13.1 Å². The molecule has 0 bridgehead atoms. The zero-order valence-electron chi connectivity index (χ0n) is 9.73. The number of aryl methyl sites for hydroxylation is 1. The molecule has 2 aromatic rings. The predicted octanol–water partition coefficient (Wildman–Crippen LogP) is 1.96. The number of nitrogens with one attached hydrogen (secondary N) is 1. The smallest absolute Gasteiger partial charge is 0.357 e. The molecule has 0 saturated carbocycles. The summed E-state index contributed by atoms with van der Waals surface area (Å²) in [5.41, 5.74) is 2.59. The van der Waals surface area contributed by atoms with Gasteiger partial charge in [0.15, 0.2) is 5.69 Å². The maximum atomic E-state index is 11.7. The monoisotopic (exact) mass is 231 g/mol. The van der Waals surface area contributed by atoms with E-state index in [1.807, 2.05) is 25.1 Å². The first kappa shape index (κ1) is 11.3. The molecule has 2 rings (SSSR count). The first-order valence-electron chi connectivity index (χ1n) is 5.37. The van der Waals surface area contributed by atoms with E-state index in [1.165, 1.54) is 0 Å². The Kier molecular flexibility index (Phi) is 3.18. The van der Waals surface area contributed by atoms with Crippen molar-refractivity contribution >= 4 is 5.97 Å². The molecule has 5 nitrogen and oxygen atoms in total. The van der Waals surface area contributed by atoms with E-state index in [0.717, 1.165) is 5.69 Å². The van der Waals surface area contributed by atoms with E-state index >= 15 is 0 Å². The van der Waals surface area contributed by atoms with Gasteiger partial charge in [0.05, 0.1) is 24.1 Å². The fourth-order valence-corrected chi connectivity index (χ4v) is 1.53. The molecular weight excluding hydrogens is 218 g/mol. The van der Waals surface area contributed by atoms with Crippen molar-refractivity contribution in [3.63, 3.8) is 0 Å². The van der Waals surface area contributed by atoms with Gasteiger partial charge in [-0.05, 0) is 26.0 Å². The lowest BCUT2D eigenvalue weighted by Gasteiger charge is -2.03. The van der Waals surface area contributed by atoms with Gasteiger partial charge in [-0.15, -0.1) is 0 Å². The van der Waals surface area contributed by atoms with Crippen molar-refractivity contribution in [2.45, 2.75) is 13.8 Å². The van der Waals surface area contributed by atoms with Crippen LogP contribution >= 0.6 is 0 Å². The molecule has 0 aliphatic carbocycles. The number of aromatic amines is 1. The summed E-state index contributed by atoms with van der Waals surface area (Å²) in [6.07, 6.45) is 1.58. The van der Waals surface area contributed by atoms with Gasteiger partial charge in [0.1, 0.15) is 0 Å². The molecule has 0 aliphatic heterocycles. The Morgan fingerprint density at radius 1 is 1.47 bits per heavy atom. The highest BCUT2D eigenvalue weighted by atomic mass is 16.5. The van der Waals surface area contributed by atoms with Crippen LogP contribution in [0.25, 0.3) is 11.3 Å². The number of pyridine rings is 1. The Labute approximate surface area is 98.8 Å². The molecule has 1 N–H and O–H groups in total. The number of nitrogens with zero attached hydrogens (tertiary/aromatic N) is 2. The van der Waals surface area contributed by atoms with Crippen LogP contribution in [0.5, 0.6) is 0 Å². The number of aromatic nitrogens is 3. The second-order valence-corrected chi connectivity index (χ2v) is 3.54. The largest absolute Gasteiger partial charge is 0.461 e. The van der Waals surface area contributed by atoms with Crippen LogP contribution < -0.4 is 0 Å². The molecule has 0 spiro atoms. The number of esters is 1. The Hall–Kier alpha value is -2.17. The second kappa shape index (κ2) is 4.78. The van der Waals surface area contributed by atoms with Crippen molar-refractivity contribution in [2.75, 3.05) is 6.61 Å². The van der Waals surface area contributed by atoms with E-state index in [-0.39, 0.29) is 0 Å². The average molecular weight is 231 g/mol. The SMILES string of the molecule is CCOC(=O)c1[nH]ncc1-c1cccc(C)n1. The van der Waals surface area contributed by atoms with Crippen LogP contribution in [-0.4, -0.2) is 27.8 Å². The Balaban J connectivity index is 2.40. The second-order valence-electron chi connectivity index (χ2n) is 3.54. The number of hydrogen-bond donors (Lipinski definition) is 1. The minimum absolute atomic E-state index is 0.332. The maximum absolute atomic E-state index is 11.7. The van der Waals surface area contributed by atoms with Gasteiger partial charge in [0.2, 0.25) is 0 Å². The predicted molar refractivity (Wildman–Crippen MR) is 62.5 cm³/mol. The Morgan fingerprint density at radius 3 is 3.00 bits per heavy atom. The highest BCUT2D eigenvalue weighted by molar-refractivity contribution is 5.94. The highest BCUT2D eigenvalue weighted by Gasteiger charge is 2.16. The fourth-order valence-electron chi connectivity index (χ4n) is 1.53. The lowest BCUT2D eigenvalue weighted by atomic mass is 10.1. The van der Waals surface area contributed by atoms with Crippen LogP contribution in [0.4, 0.5) is 0 Å². The molecule has 0 radical (unpaired) electrons. The van der Waals surface area contributed by atoms with E-state index in [0.29, 0.717) is 23.6 Å². The van der Waals surface area contributed by atoms with Crippen molar-refractivity contribution in [3.8, 4) is 11.3 Å². The summed E-state index contributed by atoms with van der Waals surface area (Å²) in [5.74, 6) is -0.414. The van der Waals surface area contributed by atoms with Crippen LogP contribution in [0.3, 0.4) is 0 Å². The number of carbonyl (C=O) groups excluding carboxylic acids is 1. The zero-order valence-corrected chi connectivity index (χ0v) is 9.73. The van der Waals surface area contributed by atoms with Gasteiger partial charge in [-0.3, -0.25) is 10.1 Å². The summed E-state index contributed by atoms with van der Waals surface area (Å²) < 4.78 is 4.94. The fraction of sp³-hybridized carbons (Fsp3) is 0.250. The van der Waals surface area contributed by atoms with Crippen LogP contribution in [0.2, 0.25) is 0 Å². The molecule has 0 fully saturated rings. The standard InChI is InChI=1S/C12H13N3O2/c1-3-17-12(16)11-9(7-13-15-11)10-6-4-5-8(2)14-10/h4-7H,3H2,1-2H3,(H,13,15). The van der Waals surface area contributed by atoms with Crippen molar-refractivity contribution in [1.82, 2.24) is 15.2 Å². The summed E-state index contributed by atoms with van der Waals surface area (Å²) >= 11 is 0.